The molecule has 0 spiro atoms. The number of hydrogen-bond donors (Lipinski definition) is 5. The summed E-state index contributed by atoms with van der Waals surface area (Å²) in [4.78, 5) is 0. The van der Waals surface area contributed by atoms with E-state index in [1.807, 2.05) is 0 Å². The molecule has 0 aromatic carbocycles. The second-order valence-corrected chi connectivity index (χ2v) is 3.85. The van der Waals surface area contributed by atoms with Gasteiger partial charge in [0, 0.05) is 0 Å². The lowest BCUT2D eigenvalue weighted by molar-refractivity contribution is -0.244. The van der Waals surface area contributed by atoms with E-state index in [1.165, 1.54) is 6.92 Å². The molecule has 0 aromatic rings. The van der Waals surface area contributed by atoms with Gasteiger partial charge in [0.2, 0.25) is 5.79 Å². The lowest BCUT2D eigenvalue weighted by atomic mass is 10.0. The molecule has 1 aliphatic rings. The van der Waals surface area contributed by atoms with Crippen molar-refractivity contribution in [2.24, 2.45) is 0 Å². The first-order valence-corrected chi connectivity index (χ1v) is 5.27. The normalized spacial score (nSPS) is 39.1. The summed E-state index contributed by atoms with van der Waals surface area (Å²) in [5.41, 5.74) is 0. The third kappa shape index (κ3) is 2.53. The molecular weight excluding hydrogens is 232 g/mol. The highest BCUT2D eigenvalue weighted by Gasteiger charge is 2.54. The van der Waals surface area contributed by atoms with Crippen molar-refractivity contribution in [3.05, 3.63) is 11.5 Å². The minimum atomic E-state index is -2.29. The largest absolute Gasteiger partial charge is 0.506 e. The van der Waals surface area contributed by atoms with Crippen LogP contribution in [0, 0.1) is 0 Å². The van der Waals surface area contributed by atoms with E-state index in [0.717, 1.165) is 0 Å². The van der Waals surface area contributed by atoms with E-state index in [4.69, 9.17) is 14.6 Å². The zero-order valence-corrected chi connectivity index (χ0v) is 9.70. The molecule has 0 aliphatic carbocycles. The Morgan fingerprint density at radius 3 is 2.41 bits per heavy atom. The van der Waals surface area contributed by atoms with Gasteiger partial charge in [-0.3, -0.25) is 0 Å². The smallest absolute Gasteiger partial charge is 0.219 e. The fraction of sp³-hybridized carbons (Fsp3) is 0.800. The van der Waals surface area contributed by atoms with E-state index in [-0.39, 0.29) is 5.76 Å². The maximum atomic E-state index is 9.73. The minimum Gasteiger partial charge on any atom is -0.506 e. The Hall–Kier alpha value is -0.860. The molecular formula is C10H18O7. The van der Waals surface area contributed by atoms with Crippen molar-refractivity contribution >= 4 is 0 Å². The average Bonchev–Trinajstić information content (AvgIpc) is 2.54. The second kappa shape index (κ2) is 5.19. The molecule has 7 heteroatoms. The fourth-order valence-corrected chi connectivity index (χ4v) is 1.63. The summed E-state index contributed by atoms with van der Waals surface area (Å²) in [6, 6.07) is 0. The molecule has 100 valence electrons. The molecule has 0 radical (unpaired) electrons. The molecule has 5 N–H and O–H groups in total. The summed E-state index contributed by atoms with van der Waals surface area (Å²) in [5, 5.41) is 47.3. The molecule has 1 saturated heterocycles. The molecule has 4 atom stereocenters. The van der Waals surface area contributed by atoms with Gasteiger partial charge in [0.05, 0.1) is 13.2 Å². The number of ether oxygens (including phenoxy) is 2. The molecule has 17 heavy (non-hydrogen) atoms. The van der Waals surface area contributed by atoms with Crippen molar-refractivity contribution in [1.82, 2.24) is 0 Å². The van der Waals surface area contributed by atoms with Gasteiger partial charge < -0.3 is 35.0 Å². The van der Waals surface area contributed by atoms with E-state index in [9.17, 15) is 20.4 Å². The van der Waals surface area contributed by atoms with Crippen LogP contribution in [0.15, 0.2) is 11.5 Å². The van der Waals surface area contributed by atoms with E-state index >= 15 is 0 Å². The third-order valence-corrected chi connectivity index (χ3v) is 2.64. The van der Waals surface area contributed by atoms with Crippen LogP contribution in [-0.4, -0.2) is 62.8 Å². The van der Waals surface area contributed by atoms with Crippen molar-refractivity contribution in [3.63, 3.8) is 0 Å². The Kier molecular flexibility index (Phi) is 4.34. The van der Waals surface area contributed by atoms with E-state index in [0.29, 0.717) is 6.61 Å². The third-order valence-electron chi connectivity index (χ3n) is 2.64. The molecule has 1 unspecified atom stereocenters. The standard InChI is InChI=1S/C10H18O7/c1-3-16-5(2)6(12)8-7(13)9(14)10(15,4-11)17-8/h7-9,11-15H,3-4H2,1-2H3/t7-,8-,9-,10?/m1/s1. The lowest BCUT2D eigenvalue weighted by Gasteiger charge is -2.22. The monoisotopic (exact) mass is 250 g/mol. The summed E-state index contributed by atoms with van der Waals surface area (Å²) < 4.78 is 9.88. The molecule has 0 aromatic heterocycles. The molecule has 0 amide bonds. The highest BCUT2D eigenvalue weighted by atomic mass is 16.7. The van der Waals surface area contributed by atoms with Crippen molar-refractivity contribution < 1.29 is 35.0 Å². The molecule has 7 nitrogen and oxygen atoms in total. The molecule has 1 fully saturated rings. The zero-order valence-electron chi connectivity index (χ0n) is 9.70. The molecule has 0 bridgehead atoms. The van der Waals surface area contributed by atoms with Crippen LogP contribution in [0.25, 0.3) is 0 Å². The Morgan fingerprint density at radius 2 is 2.00 bits per heavy atom. The Morgan fingerprint density at radius 1 is 1.41 bits per heavy atom. The SMILES string of the molecule is CCOC(C)=C(O)[C@H]1OC(O)(CO)[C@H](O)[C@@H]1O. The quantitative estimate of drug-likeness (QED) is 0.390. The van der Waals surface area contributed by atoms with Gasteiger partial charge in [-0.1, -0.05) is 0 Å². The van der Waals surface area contributed by atoms with Gasteiger partial charge in [-0.2, -0.15) is 0 Å². The van der Waals surface area contributed by atoms with Gasteiger partial charge in [-0.15, -0.1) is 0 Å². The van der Waals surface area contributed by atoms with Crippen LogP contribution in [0.4, 0.5) is 0 Å². The van der Waals surface area contributed by atoms with Crippen LogP contribution < -0.4 is 0 Å². The summed E-state index contributed by atoms with van der Waals surface area (Å²) >= 11 is 0. The van der Waals surface area contributed by atoms with Crippen molar-refractivity contribution in [3.8, 4) is 0 Å². The van der Waals surface area contributed by atoms with Crippen LogP contribution in [0.3, 0.4) is 0 Å². The first kappa shape index (κ1) is 14.2. The summed E-state index contributed by atoms with van der Waals surface area (Å²) in [6.07, 6.45) is -4.61. The number of aliphatic hydroxyl groups is 5. The van der Waals surface area contributed by atoms with Gasteiger partial charge in [-0.05, 0) is 13.8 Å². The molecule has 1 aliphatic heterocycles. The van der Waals surface area contributed by atoms with E-state index < -0.39 is 36.5 Å². The number of aliphatic hydroxyl groups excluding tert-OH is 4. The van der Waals surface area contributed by atoms with Crippen molar-refractivity contribution in [1.29, 1.82) is 0 Å². The number of allylic oxidation sites excluding steroid dienone is 1. The van der Waals surface area contributed by atoms with Gasteiger partial charge in [0.25, 0.3) is 0 Å². The molecule has 1 heterocycles. The summed E-state index contributed by atoms with van der Waals surface area (Å²) in [7, 11) is 0. The van der Waals surface area contributed by atoms with Crippen LogP contribution in [0.1, 0.15) is 13.8 Å². The van der Waals surface area contributed by atoms with E-state index in [2.05, 4.69) is 0 Å². The van der Waals surface area contributed by atoms with Crippen LogP contribution in [0.5, 0.6) is 0 Å². The summed E-state index contributed by atoms with van der Waals surface area (Å²) in [6.45, 7) is 2.58. The average molecular weight is 250 g/mol. The predicted octanol–water partition coefficient (Wildman–Crippen LogP) is -1.39. The van der Waals surface area contributed by atoms with Crippen LogP contribution in [0.2, 0.25) is 0 Å². The first-order chi connectivity index (χ1) is 7.87. The first-order valence-electron chi connectivity index (χ1n) is 5.27. The fourth-order valence-electron chi connectivity index (χ4n) is 1.63. The minimum absolute atomic E-state index is 0.117. The topological polar surface area (TPSA) is 120 Å². The lowest BCUT2D eigenvalue weighted by Crippen LogP contribution is -2.46. The maximum Gasteiger partial charge on any atom is 0.219 e. The van der Waals surface area contributed by atoms with Gasteiger partial charge in [0.15, 0.2) is 5.76 Å². The second-order valence-electron chi connectivity index (χ2n) is 3.85. The van der Waals surface area contributed by atoms with Crippen LogP contribution in [-0.2, 0) is 9.47 Å². The Labute approximate surface area is 98.5 Å². The zero-order chi connectivity index (χ0) is 13.2. The highest BCUT2D eigenvalue weighted by molar-refractivity contribution is 5.12. The van der Waals surface area contributed by atoms with Crippen molar-refractivity contribution in [2.45, 2.75) is 37.9 Å². The molecule has 0 saturated carbocycles. The predicted molar refractivity (Wildman–Crippen MR) is 55.9 cm³/mol. The van der Waals surface area contributed by atoms with Gasteiger partial charge in [-0.25, -0.2) is 0 Å². The number of rotatable bonds is 4. The highest BCUT2D eigenvalue weighted by Crippen LogP contribution is 2.32. The van der Waals surface area contributed by atoms with Crippen molar-refractivity contribution in [2.75, 3.05) is 13.2 Å². The maximum absolute atomic E-state index is 9.73. The Bertz CT molecular complexity index is 303. The Balaban J connectivity index is 2.91. The van der Waals surface area contributed by atoms with Crippen LogP contribution >= 0.6 is 0 Å². The summed E-state index contributed by atoms with van der Waals surface area (Å²) in [5.74, 6) is -2.60. The number of hydrogen-bond acceptors (Lipinski definition) is 7. The molecule has 1 rings (SSSR count). The van der Waals surface area contributed by atoms with Gasteiger partial charge in [0.1, 0.15) is 24.1 Å². The van der Waals surface area contributed by atoms with E-state index in [1.54, 1.807) is 6.92 Å². The van der Waals surface area contributed by atoms with Gasteiger partial charge >= 0.3 is 0 Å².